The summed E-state index contributed by atoms with van der Waals surface area (Å²) >= 11 is 0. The number of aromatic nitrogens is 3. The predicted molar refractivity (Wildman–Crippen MR) is 73.2 cm³/mol. The Morgan fingerprint density at radius 1 is 1.24 bits per heavy atom. The van der Waals surface area contributed by atoms with Crippen LogP contribution in [0.25, 0.3) is 5.82 Å². The van der Waals surface area contributed by atoms with E-state index < -0.39 is 11.7 Å². The van der Waals surface area contributed by atoms with Gasteiger partial charge in [-0.2, -0.15) is 18.3 Å². The van der Waals surface area contributed by atoms with Crippen molar-refractivity contribution in [1.29, 1.82) is 0 Å². The molecule has 2 rings (SSSR count). The summed E-state index contributed by atoms with van der Waals surface area (Å²) in [7, 11) is 0. The number of rotatable bonds is 4. The van der Waals surface area contributed by atoms with Crippen LogP contribution in [0.4, 0.5) is 13.2 Å². The zero-order valence-corrected chi connectivity index (χ0v) is 12.1. The highest BCUT2D eigenvalue weighted by Crippen LogP contribution is 2.29. The lowest BCUT2D eigenvalue weighted by atomic mass is 10.2. The number of hydrogen-bond donors (Lipinski definition) is 1. The molecule has 0 aliphatic heterocycles. The number of aryl methyl sites for hydroxylation is 1. The molecule has 2 aromatic heterocycles. The summed E-state index contributed by atoms with van der Waals surface area (Å²) in [6.07, 6.45) is -3.55. The largest absolute Gasteiger partial charge is 0.417 e. The van der Waals surface area contributed by atoms with Crippen LogP contribution < -0.4 is 5.32 Å². The summed E-state index contributed by atoms with van der Waals surface area (Å²) in [5.41, 5.74) is 2.00. The molecule has 2 aromatic rings. The third-order valence-electron chi connectivity index (χ3n) is 3.29. The van der Waals surface area contributed by atoms with Gasteiger partial charge in [0.15, 0.2) is 5.82 Å². The molecule has 0 spiro atoms. The highest BCUT2D eigenvalue weighted by Gasteiger charge is 2.30. The molecule has 2 heterocycles. The minimum atomic E-state index is -4.38. The number of hydrogen-bond acceptors (Lipinski definition) is 3. The number of pyridine rings is 1. The van der Waals surface area contributed by atoms with E-state index in [-0.39, 0.29) is 0 Å². The molecule has 0 saturated heterocycles. The van der Waals surface area contributed by atoms with Gasteiger partial charge in [-0.05, 0) is 32.5 Å². The molecule has 0 radical (unpaired) electrons. The van der Waals surface area contributed by atoms with Crippen LogP contribution in [0.2, 0.25) is 0 Å². The Morgan fingerprint density at radius 2 is 1.95 bits per heavy atom. The molecule has 21 heavy (non-hydrogen) atoms. The Hall–Kier alpha value is -1.89. The maximum absolute atomic E-state index is 12.5. The van der Waals surface area contributed by atoms with Crippen molar-refractivity contribution in [3.8, 4) is 5.82 Å². The SMILES string of the molecule is CCNCc1c(C)nn(-c2ccc(C(F)(F)F)cn2)c1C. The lowest BCUT2D eigenvalue weighted by Gasteiger charge is -2.08. The molecule has 0 aliphatic rings. The zero-order chi connectivity index (χ0) is 15.6. The molecular formula is C14H17F3N4. The molecule has 114 valence electrons. The van der Waals surface area contributed by atoms with Gasteiger partial charge < -0.3 is 5.32 Å². The molecule has 0 bridgehead atoms. The Kier molecular flexibility index (Phi) is 4.32. The van der Waals surface area contributed by atoms with Crippen molar-refractivity contribution in [1.82, 2.24) is 20.1 Å². The maximum Gasteiger partial charge on any atom is 0.417 e. The van der Waals surface area contributed by atoms with E-state index in [9.17, 15) is 13.2 Å². The first-order valence-electron chi connectivity index (χ1n) is 6.64. The van der Waals surface area contributed by atoms with E-state index in [4.69, 9.17) is 0 Å². The highest BCUT2D eigenvalue weighted by atomic mass is 19.4. The average Bonchev–Trinajstić information content (AvgIpc) is 2.71. The van der Waals surface area contributed by atoms with Crippen LogP contribution in [0.5, 0.6) is 0 Å². The first kappa shape index (κ1) is 15.5. The molecule has 0 saturated carbocycles. The van der Waals surface area contributed by atoms with E-state index in [0.29, 0.717) is 12.4 Å². The van der Waals surface area contributed by atoms with E-state index in [2.05, 4.69) is 15.4 Å². The Morgan fingerprint density at radius 3 is 2.48 bits per heavy atom. The molecule has 0 unspecified atom stereocenters. The molecule has 0 amide bonds. The molecule has 7 heteroatoms. The van der Waals surface area contributed by atoms with Crippen LogP contribution in [0.1, 0.15) is 29.4 Å². The molecule has 0 atom stereocenters. The van der Waals surface area contributed by atoms with Gasteiger partial charge in [0.1, 0.15) is 0 Å². The van der Waals surface area contributed by atoms with Gasteiger partial charge in [-0.25, -0.2) is 9.67 Å². The van der Waals surface area contributed by atoms with E-state index in [1.165, 1.54) is 6.07 Å². The third-order valence-corrected chi connectivity index (χ3v) is 3.29. The van der Waals surface area contributed by atoms with Gasteiger partial charge in [-0.15, -0.1) is 0 Å². The lowest BCUT2D eigenvalue weighted by molar-refractivity contribution is -0.137. The van der Waals surface area contributed by atoms with E-state index in [0.717, 1.165) is 35.8 Å². The predicted octanol–water partition coefficient (Wildman–Crippen LogP) is 3.01. The fraction of sp³-hybridized carbons (Fsp3) is 0.429. The van der Waals surface area contributed by atoms with Gasteiger partial charge in [0.05, 0.1) is 11.3 Å². The third kappa shape index (κ3) is 3.24. The van der Waals surface area contributed by atoms with E-state index >= 15 is 0 Å². The zero-order valence-electron chi connectivity index (χ0n) is 12.1. The monoisotopic (exact) mass is 298 g/mol. The standard InChI is InChI=1S/C14H17F3N4/c1-4-18-8-12-9(2)20-21(10(12)3)13-6-5-11(7-19-13)14(15,16)17/h5-7,18H,4,8H2,1-3H3. The maximum atomic E-state index is 12.5. The molecule has 0 aliphatic carbocycles. The van der Waals surface area contributed by atoms with E-state index in [1.54, 1.807) is 4.68 Å². The van der Waals surface area contributed by atoms with Crippen molar-refractivity contribution in [3.63, 3.8) is 0 Å². The number of halogens is 3. The van der Waals surface area contributed by atoms with Crippen LogP contribution >= 0.6 is 0 Å². The second-order valence-electron chi connectivity index (χ2n) is 4.74. The number of alkyl halides is 3. The summed E-state index contributed by atoms with van der Waals surface area (Å²) in [6.45, 7) is 7.27. The molecule has 0 aromatic carbocycles. The molecule has 4 nitrogen and oxygen atoms in total. The van der Waals surface area contributed by atoms with Crippen LogP contribution in [0.15, 0.2) is 18.3 Å². The fourth-order valence-corrected chi connectivity index (χ4v) is 2.08. The average molecular weight is 298 g/mol. The van der Waals surface area contributed by atoms with Crippen molar-refractivity contribution in [3.05, 3.63) is 40.8 Å². The summed E-state index contributed by atoms with van der Waals surface area (Å²) < 4.78 is 39.2. The minimum Gasteiger partial charge on any atom is -0.313 e. The summed E-state index contributed by atoms with van der Waals surface area (Å²) in [4.78, 5) is 3.87. The smallest absolute Gasteiger partial charge is 0.313 e. The summed E-state index contributed by atoms with van der Waals surface area (Å²) in [5, 5.41) is 7.58. The quantitative estimate of drug-likeness (QED) is 0.943. The van der Waals surface area contributed by atoms with Crippen LogP contribution in [0.3, 0.4) is 0 Å². The Balaban J connectivity index is 2.34. The summed E-state index contributed by atoms with van der Waals surface area (Å²) in [5.74, 6) is 0.381. The van der Waals surface area contributed by atoms with Gasteiger partial charge in [0.2, 0.25) is 0 Å². The first-order valence-corrected chi connectivity index (χ1v) is 6.64. The van der Waals surface area contributed by atoms with Crippen molar-refractivity contribution in [2.75, 3.05) is 6.54 Å². The van der Waals surface area contributed by atoms with Crippen LogP contribution in [-0.4, -0.2) is 21.3 Å². The van der Waals surface area contributed by atoms with Gasteiger partial charge >= 0.3 is 6.18 Å². The molecule has 1 N–H and O–H groups in total. The number of nitrogens with zero attached hydrogens (tertiary/aromatic N) is 3. The molecule has 0 fully saturated rings. The summed E-state index contributed by atoms with van der Waals surface area (Å²) in [6, 6.07) is 2.35. The van der Waals surface area contributed by atoms with Crippen molar-refractivity contribution in [2.45, 2.75) is 33.5 Å². The lowest BCUT2D eigenvalue weighted by Crippen LogP contribution is -2.13. The van der Waals surface area contributed by atoms with Crippen molar-refractivity contribution >= 4 is 0 Å². The van der Waals surface area contributed by atoms with Crippen molar-refractivity contribution in [2.24, 2.45) is 0 Å². The normalized spacial score (nSPS) is 11.9. The van der Waals surface area contributed by atoms with Crippen LogP contribution in [-0.2, 0) is 12.7 Å². The van der Waals surface area contributed by atoms with Gasteiger partial charge in [-0.3, -0.25) is 0 Å². The minimum absolute atomic E-state index is 0.381. The fourth-order valence-electron chi connectivity index (χ4n) is 2.08. The first-order chi connectivity index (χ1) is 9.84. The highest BCUT2D eigenvalue weighted by molar-refractivity contribution is 5.33. The van der Waals surface area contributed by atoms with Crippen LogP contribution in [0, 0.1) is 13.8 Å². The number of nitrogens with one attached hydrogen (secondary N) is 1. The van der Waals surface area contributed by atoms with E-state index in [1.807, 2.05) is 20.8 Å². The van der Waals surface area contributed by atoms with Gasteiger partial charge in [-0.1, -0.05) is 6.92 Å². The van der Waals surface area contributed by atoms with Gasteiger partial charge in [0.25, 0.3) is 0 Å². The van der Waals surface area contributed by atoms with Crippen molar-refractivity contribution < 1.29 is 13.2 Å². The topological polar surface area (TPSA) is 42.7 Å². The second kappa shape index (κ2) is 5.85. The Bertz CT molecular complexity index is 614. The second-order valence-corrected chi connectivity index (χ2v) is 4.74. The molecular weight excluding hydrogens is 281 g/mol. The Labute approximate surface area is 121 Å². The van der Waals surface area contributed by atoms with Gasteiger partial charge in [0, 0.05) is 24.0 Å².